The molecule has 0 radical (unpaired) electrons. The third-order valence-corrected chi connectivity index (χ3v) is 3.66. The molecule has 0 spiro atoms. The number of carbonyl (C=O) groups is 1. The van der Waals surface area contributed by atoms with Gasteiger partial charge in [-0.25, -0.2) is 0 Å². The van der Waals surface area contributed by atoms with Crippen LogP contribution in [0, 0.1) is 0 Å². The van der Waals surface area contributed by atoms with Crippen LogP contribution in [0.2, 0.25) is 0 Å². The normalized spacial score (nSPS) is 12.3. The van der Waals surface area contributed by atoms with Crippen molar-refractivity contribution in [3.05, 3.63) is 42.1 Å². The van der Waals surface area contributed by atoms with Crippen LogP contribution in [-0.2, 0) is 11.2 Å². The minimum Gasteiger partial charge on any atom is -0.355 e. The lowest BCUT2D eigenvalue weighted by Gasteiger charge is -2.11. The molecule has 0 saturated heterocycles. The van der Waals surface area contributed by atoms with Crippen LogP contribution < -0.4 is 10.6 Å². The summed E-state index contributed by atoms with van der Waals surface area (Å²) in [4.78, 5) is 16.2. The van der Waals surface area contributed by atoms with E-state index in [2.05, 4.69) is 47.7 Å². The Balaban J connectivity index is 1.84. The molecule has 1 heterocycles. The van der Waals surface area contributed by atoms with Crippen molar-refractivity contribution in [3.63, 3.8) is 0 Å². The minimum absolute atomic E-state index is 0.0449. The number of rotatable bonds is 7. The van der Waals surface area contributed by atoms with Crippen molar-refractivity contribution < 1.29 is 4.79 Å². The standard InChI is InChI=1S/C17H23N3O/c1-3-13(2)20-12-16(21)18-11-9-15-7-4-6-14-8-5-10-19-17(14)15/h4-8,10,13,20H,3,9,11-12H2,1-2H3,(H,18,21). The number of carbonyl (C=O) groups excluding carboxylic acids is 1. The van der Waals surface area contributed by atoms with Crippen molar-refractivity contribution in [1.82, 2.24) is 15.6 Å². The fourth-order valence-corrected chi connectivity index (χ4v) is 2.18. The molecular formula is C17H23N3O. The van der Waals surface area contributed by atoms with Gasteiger partial charge in [0.25, 0.3) is 0 Å². The summed E-state index contributed by atoms with van der Waals surface area (Å²) < 4.78 is 0. The molecule has 112 valence electrons. The smallest absolute Gasteiger partial charge is 0.233 e. The molecule has 0 saturated carbocycles. The van der Waals surface area contributed by atoms with Crippen LogP contribution >= 0.6 is 0 Å². The average molecular weight is 285 g/mol. The molecule has 2 aromatic rings. The van der Waals surface area contributed by atoms with Crippen molar-refractivity contribution in [2.45, 2.75) is 32.7 Å². The van der Waals surface area contributed by atoms with Gasteiger partial charge in [-0.05, 0) is 31.4 Å². The molecule has 2 rings (SSSR count). The van der Waals surface area contributed by atoms with Crippen LogP contribution in [0.25, 0.3) is 10.9 Å². The molecule has 0 bridgehead atoms. The Morgan fingerprint density at radius 2 is 2.10 bits per heavy atom. The summed E-state index contributed by atoms with van der Waals surface area (Å²) >= 11 is 0. The van der Waals surface area contributed by atoms with Crippen molar-refractivity contribution in [3.8, 4) is 0 Å². The summed E-state index contributed by atoms with van der Waals surface area (Å²) in [6.07, 6.45) is 3.62. The molecule has 0 aliphatic carbocycles. The highest BCUT2D eigenvalue weighted by Gasteiger charge is 2.05. The van der Waals surface area contributed by atoms with Crippen LogP contribution in [0.5, 0.6) is 0 Å². The lowest BCUT2D eigenvalue weighted by molar-refractivity contribution is -0.120. The maximum atomic E-state index is 11.7. The molecule has 1 aromatic heterocycles. The van der Waals surface area contributed by atoms with E-state index in [1.165, 1.54) is 5.56 Å². The second-order valence-corrected chi connectivity index (χ2v) is 5.28. The van der Waals surface area contributed by atoms with Gasteiger partial charge in [-0.1, -0.05) is 31.2 Å². The molecule has 2 N–H and O–H groups in total. The van der Waals surface area contributed by atoms with Crippen molar-refractivity contribution in [1.29, 1.82) is 0 Å². The Bertz CT molecular complexity index is 592. The topological polar surface area (TPSA) is 54.0 Å². The van der Waals surface area contributed by atoms with Crippen LogP contribution in [0.3, 0.4) is 0 Å². The van der Waals surface area contributed by atoms with E-state index in [9.17, 15) is 4.79 Å². The van der Waals surface area contributed by atoms with Crippen molar-refractivity contribution in [2.24, 2.45) is 0 Å². The van der Waals surface area contributed by atoms with Gasteiger partial charge in [-0.3, -0.25) is 9.78 Å². The maximum Gasteiger partial charge on any atom is 0.233 e. The number of hydrogen-bond donors (Lipinski definition) is 2. The Labute approximate surface area is 126 Å². The minimum atomic E-state index is 0.0449. The Kier molecular flexibility index (Phi) is 5.69. The van der Waals surface area contributed by atoms with Crippen LogP contribution in [0.4, 0.5) is 0 Å². The lowest BCUT2D eigenvalue weighted by Crippen LogP contribution is -2.38. The van der Waals surface area contributed by atoms with Gasteiger partial charge in [-0.2, -0.15) is 0 Å². The first-order valence-electron chi connectivity index (χ1n) is 7.53. The summed E-state index contributed by atoms with van der Waals surface area (Å²) in [6.45, 7) is 5.19. The number of amides is 1. The molecule has 0 aliphatic rings. The number of fused-ring (bicyclic) bond motifs is 1. The highest BCUT2D eigenvalue weighted by atomic mass is 16.1. The molecule has 1 unspecified atom stereocenters. The predicted molar refractivity (Wildman–Crippen MR) is 86.2 cm³/mol. The highest BCUT2D eigenvalue weighted by molar-refractivity contribution is 5.81. The largest absolute Gasteiger partial charge is 0.355 e. The number of benzene rings is 1. The van der Waals surface area contributed by atoms with Gasteiger partial charge >= 0.3 is 0 Å². The van der Waals surface area contributed by atoms with Crippen molar-refractivity contribution in [2.75, 3.05) is 13.1 Å². The van der Waals surface area contributed by atoms with E-state index in [-0.39, 0.29) is 5.91 Å². The molecule has 21 heavy (non-hydrogen) atoms. The van der Waals surface area contributed by atoms with Gasteiger partial charge in [0.2, 0.25) is 5.91 Å². The Hall–Kier alpha value is -1.94. The summed E-state index contributed by atoms with van der Waals surface area (Å²) in [5, 5.41) is 7.27. The third kappa shape index (κ3) is 4.53. The lowest BCUT2D eigenvalue weighted by atomic mass is 10.1. The summed E-state index contributed by atoms with van der Waals surface area (Å²) in [5.74, 6) is 0.0449. The number of aromatic nitrogens is 1. The van der Waals surface area contributed by atoms with E-state index >= 15 is 0 Å². The molecule has 0 fully saturated rings. The predicted octanol–water partition coefficient (Wildman–Crippen LogP) is 2.28. The Morgan fingerprint density at radius 3 is 2.90 bits per heavy atom. The summed E-state index contributed by atoms with van der Waals surface area (Å²) in [5.41, 5.74) is 2.19. The zero-order chi connectivity index (χ0) is 15.1. The van der Waals surface area contributed by atoms with Crippen LogP contribution in [-0.4, -0.2) is 30.0 Å². The number of para-hydroxylation sites is 1. The molecule has 4 nitrogen and oxygen atoms in total. The van der Waals surface area contributed by atoms with E-state index in [4.69, 9.17) is 0 Å². The Morgan fingerprint density at radius 1 is 1.29 bits per heavy atom. The van der Waals surface area contributed by atoms with Crippen LogP contribution in [0.1, 0.15) is 25.8 Å². The second kappa shape index (κ2) is 7.74. The summed E-state index contributed by atoms with van der Waals surface area (Å²) in [6, 6.07) is 10.5. The first-order valence-corrected chi connectivity index (χ1v) is 7.53. The monoisotopic (exact) mass is 285 g/mol. The second-order valence-electron chi connectivity index (χ2n) is 5.28. The van der Waals surface area contributed by atoms with Gasteiger partial charge in [0, 0.05) is 24.2 Å². The van der Waals surface area contributed by atoms with E-state index in [1.54, 1.807) is 6.20 Å². The number of nitrogens with one attached hydrogen (secondary N) is 2. The van der Waals surface area contributed by atoms with E-state index in [1.807, 2.05) is 12.1 Å². The maximum absolute atomic E-state index is 11.7. The van der Waals surface area contributed by atoms with Crippen LogP contribution in [0.15, 0.2) is 36.5 Å². The number of pyridine rings is 1. The van der Waals surface area contributed by atoms with Crippen molar-refractivity contribution >= 4 is 16.8 Å². The molecule has 4 heteroatoms. The third-order valence-electron chi connectivity index (χ3n) is 3.66. The average Bonchev–Trinajstić information content (AvgIpc) is 2.52. The number of nitrogens with zero attached hydrogens (tertiary/aromatic N) is 1. The molecule has 1 atom stereocenters. The highest BCUT2D eigenvalue weighted by Crippen LogP contribution is 2.15. The van der Waals surface area contributed by atoms with Gasteiger partial charge < -0.3 is 10.6 Å². The first-order chi connectivity index (χ1) is 10.2. The van der Waals surface area contributed by atoms with Gasteiger partial charge in [0.05, 0.1) is 12.1 Å². The van der Waals surface area contributed by atoms with E-state index in [0.29, 0.717) is 19.1 Å². The quantitative estimate of drug-likeness (QED) is 0.820. The van der Waals surface area contributed by atoms with Gasteiger partial charge in [-0.15, -0.1) is 0 Å². The molecular weight excluding hydrogens is 262 g/mol. The SMILES string of the molecule is CCC(C)NCC(=O)NCCc1cccc2cccnc12. The van der Waals surface area contributed by atoms with E-state index in [0.717, 1.165) is 23.7 Å². The first kappa shape index (κ1) is 15.4. The van der Waals surface area contributed by atoms with Gasteiger partial charge in [0.1, 0.15) is 0 Å². The fourth-order valence-electron chi connectivity index (χ4n) is 2.18. The fraction of sp³-hybridized carbons (Fsp3) is 0.412. The molecule has 0 aliphatic heterocycles. The summed E-state index contributed by atoms with van der Waals surface area (Å²) in [7, 11) is 0. The number of hydrogen-bond acceptors (Lipinski definition) is 3. The van der Waals surface area contributed by atoms with E-state index < -0.39 is 0 Å². The zero-order valence-corrected chi connectivity index (χ0v) is 12.7. The molecule has 1 aromatic carbocycles. The van der Waals surface area contributed by atoms with Gasteiger partial charge in [0.15, 0.2) is 0 Å². The molecule has 1 amide bonds. The zero-order valence-electron chi connectivity index (χ0n) is 12.7.